The van der Waals surface area contributed by atoms with Crippen molar-refractivity contribution < 1.29 is 32.9 Å². The maximum atomic E-state index is 10.6. The Morgan fingerprint density at radius 2 is 0.985 bits per heavy atom. The van der Waals surface area contributed by atoms with E-state index in [-0.39, 0.29) is 58.7 Å². The highest BCUT2D eigenvalue weighted by atomic mass is 35.6. The molecule has 0 spiro atoms. The van der Waals surface area contributed by atoms with Crippen molar-refractivity contribution in [2.24, 2.45) is 35.5 Å². The second kappa shape index (κ2) is 29.5. The van der Waals surface area contributed by atoms with E-state index in [1.165, 1.54) is 0 Å². The molecule has 0 aliphatic rings. The Balaban J connectivity index is 0.00000103. The summed E-state index contributed by atoms with van der Waals surface area (Å²) in [7, 11) is -0.457. The van der Waals surface area contributed by atoms with Crippen molar-refractivity contribution in [1.29, 1.82) is 5.41 Å². The van der Waals surface area contributed by atoms with Crippen LogP contribution in [0.5, 0.6) is 11.5 Å². The van der Waals surface area contributed by atoms with Gasteiger partial charge in [0.2, 0.25) is 5.90 Å². The van der Waals surface area contributed by atoms with Crippen LogP contribution in [0.2, 0.25) is 36.3 Å². The monoisotopic (exact) mass is 1030 g/mol. The molecular formula is C54H94Cl3NO7Si2. The quantitative estimate of drug-likeness (QED) is 0.0376. The number of hydrogen-bond acceptors (Lipinski definition) is 8. The van der Waals surface area contributed by atoms with Crippen molar-refractivity contribution in [2.45, 2.75) is 187 Å². The van der Waals surface area contributed by atoms with Gasteiger partial charge in [-0.3, -0.25) is 5.41 Å². The summed E-state index contributed by atoms with van der Waals surface area (Å²) in [4.78, 5) is 0. The number of alkyl halides is 3. The minimum atomic E-state index is -1.89. The van der Waals surface area contributed by atoms with Crippen molar-refractivity contribution in [2.75, 3.05) is 14.2 Å². The lowest BCUT2D eigenvalue weighted by atomic mass is 9.83. The Kier molecular flexibility index (Phi) is 28.7. The van der Waals surface area contributed by atoms with E-state index in [1.807, 2.05) is 43.3 Å². The largest absolute Gasteiger partial charge is 0.497 e. The predicted octanol–water partition coefficient (Wildman–Crippen LogP) is 16.3. The van der Waals surface area contributed by atoms with Crippen LogP contribution in [0.4, 0.5) is 0 Å². The third-order valence-corrected chi connectivity index (χ3v) is 23.6. The van der Waals surface area contributed by atoms with Crippen LogP contribution in [-0.4, -0.2) is 70.1 Å². The van der Waals surface area contributed by atoms with Gasteiger partial charge in [0.15, 0.2) is 16.6 Å². The normalized spacial score (nSPS) is 17.0. The summed E-state index contributed by atoms with van der Waals surface area (Å²) in [5, 5.41) is 18.3. The molecule has 0 heterocycles. The summed E-state index contributed by atoms with van der Waals surface area (Å²) in [5.74, 6) is 2.85. The summed E-state index contributed by atoms with van der Waals surface area (Å²) >= 11 is 16.4. The molecule has 0 aliphatic carbocycles. The van der Waals surface area contributed by atoms with E-state index in [9.17, 15) is 5.11 Å². The molecule has 0 saturated heterocycles. The number of methoxy groups -OCH3 is 2. The van der Waals surface area contributed by atoms with Gasteiger partial charge in [-0.2, -0.15) is 0 Å². The topological polar surface area (TPSA) is 99.5 Å². The van der Waals surface area contributed by atoms with Crippen LogP contribution in [0.3, 0.4) is 0 Å². The van der Waals surface area contributed by atoms with Crippen LogP contribution >= 0.6 is 34.8 Å². The Morgan fingerprint density at radius 1 is 0.627 bits per heavy atom. The summed E-state index contributed by atoms with van der Waals surface area (Å²) in [6, 6.07) is 15.3. The lowest BCUT2D eigenvalue weighted by molar-refractivity contribution is -0.0647. The molecule has 0 fully saturated rings. The minimum absolute atomic E-state index is 0.0494. The van der Waals surface area contributed by atoms with Gasteiger partial charge in [0.05, 0.1) is 45.2 Å². The zero-order chi connectivity index (χ0) is 52.3. The number of rotatable bonds is 23. The lowest BCUT2D eigenvalue weighted by Crippen LogP contribution is -2.50. The number of halogens is 3. The van der Waals surface area contributed by atoms with Crippen molar-refractivity contribution >= 4 is 57.3 Å². The number of benzene rings is 2. The van der Waals surface area contributed by atoms with E-state index in [1.54, 1.807) is 26.4 Å². The van der Waals surface area contributed by atoms with Gasteiger partial charge in [-0.25, -0.2) is 0 Å². The lowest BCUT2D eigenvalue weighted by Gasteiger charge is -2.45. The van der Waals surface area contributed by atoms with Crippen molar-refractivity contribution in [3.8, 4) is 11.5 Å². The van der Waals surface area contributed by atoms with E-state index < -0.39 is 32.4 Å². The van der Waals surface area contributed by atoms with Gasteiger partial charge in [0.1, 0.15) is 18.1 Å². The number of ether oxygens (including phenoxy) is 4. The van der Waals surface area contributed by atoms with Crippen LogP contribution in [0.1, 0.15) is 121 Å². The van der Waals surface area contributed by atoms with E-state index in [0.29, 0.717) is 18.4 Å². The fraction of sp³-hybridized carbons (Fsp3) is 0.685. The SMILES string of the molecule is C=C[C@H](C)[C@H](O)[C@@H](C)[C@H](O[Si](C)(C)C(C)(C)C)[C@@H](C)CC.C=C[C@H](C)[C@H](OCc1ccc(OC)cc1)[C@@H](C)[C@H](O[Si](C)(C)C(C)(C)C)[C@@H](C)CC.COc1ccc(COC(=N)C(Cl)(Cl)Cl)cc1. The maximum Gasteiger partial charge on any atom is 0.265 e. The molecular weight excluding hydrogens is 937 g/mol. The first kappa shape index (κ1) is 65.1. The standard InChI is InChI=1S/C26H46O3Si.C18H38O2Si.C10H10Cl3NO2/c1-12-19(3)24(28-18-22-14-16-23(27-9)17-15-22)21(5)25(20(4)13-2)29-30(10,11)26(6,7)8;1-11-13(3)16(19)15(5)17(14(4)12-2)20-21(9,10)18(6,7)8;1-15-8-4-2-7(3-5-8)6-16-9(14)10(11,12)13/h12,14-17,19-21,24-25H,1,13,18H2,2-11H3;11,13-17,19H,1,12H2,2-10H3;2-5,14H,6H2,1H3/t19-,20-,21+,24-,25+;13-,14-,15+,16-,17+;/m00./s1. The highest BCUT2D eigenvalue weighted by Crippen LogP contribution is 2.42. The van der Waals surface area contributed by atoms with Crippen LogP contribution in [0.15, 0.2) is 73.8 Å². The summed E-state index contributed by atoms with van der Waals surface area (Å²) in [5.41, 5.74) is 2.01. The molecule has 67 heavy (non-hydrogen) atoms. The predicted molar refractivity (Wildman–Crippen MR) is 293 cm³/mol. The average Bonchev–Trinajstić information content (AvgIpc) is 3.27. The summed E-state index contributed by atoms with van der Waals surface area (Å²) in [6.07, 6.45) is 5.93. The molecule has 2 aromatic carbocycles. The van der Waals surface area contributed by atoms with Gasteiger partial charge in [-0.05, 0) is 83.5 Å². The number of aliphatic hydroxyl groups is 1. The highest BCUT2D eigenvalue weighted by molar-refractivity contribution is 6.76. The molecule has 13 heteroatoms. The smallest absolute Gasteiger partial charge is 0.265 e. The van der Waals surface area contributed by atoms with Crippen molar-refractivity contribution in [3.63, 3.8) is 0 Å². The molecule has 2 aromatic rings. The third kappa shape index (κ3) is 22.0. The van der Waals surface area contributed by atoms with Crippen LogP contribution in [0, 0.1) is 40.9 Å². The Bertz CT molecular complexity index is 1710. The van der Waals surface area contributed by atoms with E-state index in [0.717, 1.165) is 35.5 Å². The van der Waals surface area contributed by atoms with Gasteiger partial charge in [-0.15, -0.1) is 13.2 Å². The molecule has 2 rings (SSSR count). The first-order valence-electron chi connectivity index (χ1n) is 24.1. The molecule has 0 bridgehead atoms. The van der Waals surface area contributed by atoms with Crippen LogP contribution in [0.25, 0.3) is 0 Å². The van der Waals surface area contributed by atoms with Gasteiger partial charge in [0.25, 0.3) is 3.79 Å². The van der Waals surface area contributed by atoms with Gasteiger partial charge < -0.3 is 32.9 Å². The first-order chi connectivity index (χ1) is 30.7. The molecule has 0 unspecified atom stereocenters. The number of nitrogens with one attached hydrogen (secondary N) is 1. The minimum Gasteiger partial charge on any atom is -0.497 e. The van der Waals surface area contributed by atoms with Gasteiger partial charge in [0, 0.05) is 23.7 Å². The van der Waals surface area contributed by atoms with E-state index in [2.05, 4.69) is 141 Å². The molecule has 386 valence electrons. The zero-order valence-electron chi connectivity index (χ0n) is 45.3. The highest BCUT2D eigenvalue weighted by Gasteiger charge is 2.44. The molecule has 0 aromatic heterocycles. The van der Waals surface area contributed by atoms with Crippen molar-refractivity contribution in [1.82, 2.24) is 0 Å². The number of aliphatic hydroxyl groups excluding tert-OH is 1. The Hall–Kier alpha value is -1.87. The summed E-state index contributed by atoms with van der Waals surface area (Å²) < 4.78 is 33.6. The van der Waals surface area contributed by atoms with Gasteiger partial charge >= 0.3 is 0 Å². The Labute approximate surface area is 427 Å². The molecule has 2 N–H and O–H groups in total. The molecule has 0 radical (unpaired) electrons. The zero-order valence-corrected chi connectivity index (χ0v) is 49.6. The second-order valence-corrected chi connectivity index (χ2v) is 33.2. The van der Waals surface area contributed by atoms with Crippen LogP contribution in [-0.2, 0) is 31.5 Å². The fourth-order valence-corrected chi connectivity index (χ4v) is 9.90. The summed E-state index contributed by atoms with van der Waals surface area (Å²) in [6.45, 7) is 49.2. The van der Waals surface area contributed by atoms with Gasteiger partial charge in [-0.1, -0.05) is 181 Å². The number of hydrogen-bond donors (Lipinski definition) is 2. The van der Waals surface area contributed by atoms with E-state index in [4.69, 9.17) is 68.0 Å². The molecule has 0 aliphatic heterocycles. The second-order valence-electron chi connectivity index (χ2n) is 21.4. The molecule has 10 atom stereocenters. The van der Waals surface area contributed by atoms with Crippen LogP contribution < -0.4 is 9.47 Å². The molecule has 0 saturated carbocycles. The van der Waals surface area contributed by atoms with E-state index >= 15 is 0 Å². The average molecular weight is 1030 g/mol. The first-order valence-corrected chi connectivity index (χ1v) is 31.1. The van der Waals surface area contributed by atoms with Crippen molar-refractivity contribution in [3.05, 3.63) is 85.0 Å². The molecule has 0 amide bonds. The maximum absolute atomic E-state index is 10.6. The fourth-order valence-electron chi connectivity index (χ4n) is 6.77. The third-order valence-electron chi connectivity index (χ3n) is 14.2. The molecule has 8 nitrogen and oxygen atoms in total. The Morgan fingerprint density at radius 3 is 1.30 bits per heavy atom.